The van der Waals surface area contributed by atoms with E-state index in [9.17, 15) is 14.2 Å². The second kappa shape index (κ2) is 4.53. The summed E-state index contributed by atoms with van der Waals surface area (Å²) in [5.74, 6) is -0.929. The Kier molecular flexibility index (Phi) is 3.21. The molecule has 1 aromatic rings. The fourth-order valence-corrected chi connectivity index (χ4v) is 1.91. The average molecular weight is 271 g/mol. The Morgan fingerprint density at radius 2 is 1.94 bits per heavy atom. The molecule has 0 radical (unpaired) electrons. The van der Waals surface area contributed by atoms with Crippen LogP contribution in [0.3, 0.4) is 0 Å². The number of benzene rings is 1. The number of fused-ring (bicyclic) bond motifs is 1. The molecular formula is C10H10NO6P. The van der Waals surface area contributed by atoms with Gasteiger partial charge in [-0.1, -0.05) is 6.07 Å². The van der Waals surface area contributed by atoms with Crippen molar-refractivity contribution in [3.8, 4) is 5.75 Å². The van der Waals surface area contributed by atoms with Gasteiger partial charge in [0.05, 0.1) is 23.9 Å². The largest absolute Gasteiger partial charge is 0.492 e. The van der Waals surface area contributed by atoms with E-state index in [1.54, 1.807) is 0 Å². The zero-order chi connectivity index (χ0) is 13.3. The average Bonchev–Trinajstić information content (AvgIpc) is 2.54. The summed E-state index contributed by atoms with van der Waals surface area (Å²) in [5, 5.41) is 2.12. The van der Waals surface area contributed by atoms with Crippen LogP contribution in [0.25, 0.3) is 0 Å². The van der Waals surface area contributed by atoms with Gasteiger partial charge in [-0.25, -0.2) is 0 Å². The van der Waals surface area contributed by atoms with Crippen molar-refractivity contribution >= 4 is 19.4 Å². The van der Waals surface area contributed by atoms with E-state index in [4.69, 9.17) is 14.5 Å². The van der Waals surface area contributed by atoms with Crippen LogP contribution in [0.15, 0.2) is 18.2 Å². The molecule has 1 aliphatic rings. The Hall–Kier alpha value is -1.69. The smallest absolute Gasteiger partial charge is 0.328 e. The minimum atomic E-state index is -4.14. The maximum Gasteiger partial charge on any atom is 0.328 e. The number of hydrogen-bond acceptors (Lipinski definition) is 4. The number of amides is 2. The number of rotatable bonds is 4. The molecule has 0 spiro atoms. The van der Waals surface area contributed by atoms with Crippen LogP contribution < -0.4 is 10.1 Å². The Balaban J connectivity index is 2.18. The summed E-state index contributed by atoms with van der Waals surface area (Å²) >= 11 is 0. The molecule has 18 heavy (non-hydrogen) atoms. The third kappa shape index (κ3) is 2.59. The summed E-state index contributed by atoms with van der Waals surface area (Å²) < 4.78 is 15.8. The van der Waals surface area contributed by atoms with Gasteiger partial charge >= 0.3 is 7.60 Å². The highest BCUT2D eigenvalue weighted by molar-refractivity contribution is 7.51. The first-order valence-electron chi connectivity index (χ1n) is 5.04. The van der Waals surface area contributed by atoms with E-state index >= 15 is 0 Å². The van der Waals surface area contributed by atoms with Crippen molar-refractivity contribution in [2.24, 2.45) is 0 Å². The molecule has 0 atom stereocenters. The number of hydrogen-bond donors (Lipinski definition) is 3. The van der Waals surface area contributed by atoms with Gasteiger partial charge in [0.2, 0.25) is 0 Å². The van der Waals surface area contributed by atoms with Gasteiger partial charge in [-0.05, 0) is 12.1 Å². The van der Waals surface area contributed by atoms with Crippen LogP contribution in [0.4, 0.5) is 0 Å². The van der Waals surface area contributed by atoms with Gasteiger partial charge in [-0.3, -0.25) is 19.5 Å². The highest BCUT2D eigenvalue weighted by Crippen LogP contribution is 2.34. The van der Waals surface area contributed by atoms with Crippen molar-refractivity contribution in [3.05, 3.63) is 29.3 Å². The number of nitrogens with one attached hydrogen (secondary N) is 1. The van der Waals surface area contributed by atoms with Crippen LogP contribution in [-0.2, 0) is 4.57 Å². The minimum absolute atomic E-state index is 0.105. The van der Waals surface area contributed by atoms with E-state index in [2.05, 4.69) is 5.32 Å². The first kappa shape index (κ1) is 12.8. The van der Waals surface area contributed by atoms with E-state index in [1.807, 2.05) is 0 Å². The highest BCUT2D eigenvalue weighted by Gasteiger charge is 2.30. The van der Waals surface area contributed by atoms with E-state index < -0.39 is 25.6 Å². The second-order valence-electron chi connectivity index (χ2n) is 3.70. The SMILES string of the molecule is O=C1NC(=O)c2c(OCCP(=O)(O)O)cccc21. The van der Waals surface area contributed by atoms with Gasteiger partial charge in [0.25, 0.3) is 11.8 Å². The fraction of sp³-hybridized carbons (Fsp3) is 0.200. The van der Waals surface area contributed by atoms with Gasteiger partial charge in [0.1, 0.15) is 5.75 Å². The van der Waals surface area contributed by atoms with Crippen LogP contribution in [0.1, 0.15) is 20.7 Å². The number of carbonyl (C=O) groups is 2. The Morgan fingerprint density at radius 3 is 2.61 bits per heavy atom. The molecule has 2 rings (SSSR count). The van der Waals surface area contributed by atoms with Crippen molar-refractivity contribution in [3.63, 3.8) is 0 Å². The van der Waals surface area contributed by atoms with Crippen LogP contribution in [-0.4, -0.2) is 34.4 Å². The van der Waals surface area contributed by atoms with E-state index in [0.717, 1.165) is 0 Å². The lowest BCUT2D eigenvalue weighted by atomic mass is 10.1. The van der Waals surface area contributed by atoms with Crippen LogP contribution in [0, 0.1) is 0 Å². The van der Waals surface area contributed by atoms with Crippen LogP contribution >= 0.6 is 7.60 Å². The molecular weight excluding hydrogens is 261 g/mol. The van der Waals surface area contributed by atoms with Crippen molar-refractivity contribution < 1.29 is 28.7 Å². The van der Waals surface area contributed by atoms with Gasteiger partial charge in [-0.15, -0.1) is 0 Å². The van der Waals surface area contributed by atoms with Gasteiger partial charge < -0.3 is 14.5 Å². The maximum atomic E-state index is 11.5. The quantitative estimate of drug-likeness (QED) is 0.529. The molecule has 0 aliphatic carbocycles. The standard InChI is InChI=1S/C10H10NO6P/c12-9-6-2-1-3-7(8(6)10(13)11-9)17-4-5-18(14,15)16/h1-3H,4-5H2,(H,11,12,13)(H2,14,15,16). The molecule has 1 aliphatic heterocycles. The van der Waals surface area contributed by atoms with E-state index in [1.165, 1.54) is 18.2 Å². The molecule has 96 valence electrons. The van der Waals surface area contributed by atoms with Crippen molar-refractivity contribution in [1.82, 2.24) is 5.32 Å². The topological polar surface area (TPSA) is 113 Å². The van der Waals surface area contributed by atoms with Crippen LogP contribution in [0.5, 0.6) is 5.75 Å². The van der Waals surface area contributed by atoms with Gasteiger partial charge in [-0.2, -0.15) is 0 Å². The zero-order valence-corrected chi connectivity index (χ0v) is 10.0. The summed E-state index contributed by atoms with van der Waals surface area (Å²) in [6.07, 6.45) is -0.452. The normalized spacial score (nSPS) is 14.3. The molecule has 3 N–H and O–H groups in total. The van der Waals surface area contributed by atoms with Crippen molar-refractivity contribution in [1.29, 1.82) is 0 Å². The summed E-state index contributed by atoms with van der Waals surface area (Å²) in [5.41, 5.74) is 0.307. The minimum Gasteiger partial charge on any atom is -0.492 e. The predicted molar refractivity (Wildman–Crippen MR) is 60.6 cm³/mol. The summed E-state index contributed by atoms with van der Waals surface area (Å²) in [6.45, 7) is -0.234. The first-order valence-corrected chi connectivity index (χ1v) is 6.84. The molecule has 8 heteroatoms. The number of ether oxygens (including phenoxy) is 1. The molecule has 1 aromatic carbocycles. The lowest BCUT2D eigenvalue weighted by Crippen LogP contribution is -2.20. The van der Waals surface area contributed by atoms with Gasteiger partial charge in [0.15, 0.2) is 0 Å². The summed E-state index contributed by atoms with van der Waals surface area (Å²) in [6, 6.07) is 4.48. The lowest BCUT2D eigenvalue weighted by molar-refractivity contribution is 0.0878. The summed E-state index contributed by atoms with van der Waals surface area (Å²) in [4.78, 5) is 40.2. The van der Waals surface area contributed by atoms with Crippen molar-refractivity contribution in [2.75, 3.05) is 12.8 Å². The molecule has 2 amide bonds. The molecule has 0 unspecified atom stereocenters. The molecule has 0 saturated heterocycles. The third-order valence-electron chi connectivity index (χ3n) is 2.37. The fourth-order valence-electron chi connectivity index (χ4n) is 1.58. The number of carbonyl (C=O) groups excluding carboxylic acids is 2. The first-order chi connectivity index (χ1) is 8.38. The maximum absolute atomic E-state index is 11.5. The lowest BCUT2D eigenvalue weighted by Gasteiger charge is -2.09. The molecule has 7 nitrogen and oxygen atoms in total. The predicted octanol–water partition coefficient (Wildman–Crippen LogP) is 0.127. The highest BCUT2D eigenvalue weighted by atomic mass is 31.2. The Bertz CT molecular complexity index is 563. The van der Waals surface area contributed by atoms with Gasteiger partial charge in [0, 0.05) is 0 Å². The second-order valence-corrected chi connectivity index (χ2v) is 5.48. The summed E-state index contributed by atoms with van der Waals surface area (Å²) in [7, 11) is -4.14. The van der Waals surface area contributed by atoms with Crippen LogP contribution in [0.2, 0.25) is 0 Å². The molecule has 0 bridgehead atoms. The third-order valence-corrected chi connectivity index (χ3v) is 3.13. The van der Waals surface area contributed by atoms with Crippen molar-refractivity contribution in [2.45, 2.75) is 0 Å². The molecule has 0 saturated carbocycles. The number of imide groups is 1. The van der Waals surface area contributed by atoms with E-state index in [-0.39, 0.29) is 23.5 Å². The zero-order valence-electron chi connectivity index (χ0n) is 9.12. The molecule has 0 fully saturated rings. The molecule has 0 aromatic heterocycles. The van der Waals surface area contributed by atoms with E-state index in [0.29, 0.717) is 0 Å². The Morgan fingerprint density at radius 1 is 1.22 bits per heavy atom. The molecule has 1 heterocycles. The Labute approximate surface area is 102 Å². The monoisotopic (exact) mass is 271 g/mol.